The second-order valence-electron chi connectivity index (χ2n) is 3.53. The third kappa shape index (κ3) is 6.21. The van der Waals surface area contributed by atoms with Crippen LogP contribution < -0.4 is 4.74 Å². The summed E-state index contributed by atoms with van der Waals surface area (Å²) in [6.07, 6.45) is 1.96. The Kier molecular flexibility index (Phi) is 7.60. The van der Waals surface area contributed by atoms with Crippen molar-refractivity contribution in [2.24, 2.45) is 0 Å². The van der Waals surface area contributed by atoms with Gasteiger partial charge in [0.2, 0.25) is 0 Å². The van der Waals surface area contributed by atoms with E-state index in [9.17, 15) is 4.79 Å². The Morgan fingerprint density at radius 2 is 2.16 bits per heavy atom. The second kappa shape index (κ2) is 9.35. The normalized spacial score (nSPS) is 10.4. The van der Waals surface area contributed by atoms with Crippen molar-refractivity contribution in [3.8, 4) is 6.08 Å². The summed E-state index contributed by atoms with van der Waals surface area (Å²) in [5.74, 6) is -0.524. The standard InChI is InChI=1S/C12H19NO6/c1-3-17-11(14)10-9-19-12(13-10)18-6-4-5-16-8-7-15-2/h9H,3-8H2,1-2H3. The highest BCUT2D eigenvalue weighted by Crippen LogP contribution is 2.11. The summed E-state index contributed by atoms with van der Waals surface area (Å²) in [4.78, 5) is 15.2. The summed E-state index contributed by atoms with van der Waals surface area (Å²) in [6.45, 7) is 4.11. The first-order valence-corrected chi connectivity index (χ1v) is 6.10. The molecule has 0 N–H and O–H groups in total. The third-order valence-electron chi connectivity index (χ3n) is 2.06. The first-order valence-electron chi connectivity index (χ1n) is 6.10. The van der Waals surface area contributed by atoms with Gasteiger partial charge in [-0.05, 0) is 6.92 Å². The van der Waals surface area contributed by atoms with Crippen molar-refractivity contribution in [1.82, 2.24) is 4.98 Å². The Morgan fingerprint density at radius 1 is 1.32 bits per heavy atom. The lowest BCUT2D eigenvalue weighted by atomic mass is 10.5. The number of carbonyl (C=O) groups is 1. The Bertz CT molecular complexity index is 365. The van der Waals surface area contributed by atoms with E-state index in [1.54, 1.807) is 14.0 Å². The van der Waals surface area contributed by atoms with Crippen LogP contribution in [0.3, 0.4) is 0 Å². The first kappa shape index (κ1) is 15.5. The van der Waals surface area contributed by atoms with Crippen molar-refractivity contribution in [2.45, 2.75) is 13.3 Å². The molecule has 0 radical (unpaired) electrons. The molecule has 1 heterocycles. The molecule has 0 aliphatic heterocycles. The van der Waals surface area contributed by atoms with Gasteiger partial charge in [0, 0.05) is 20.1 Å². The minimum absolute atomic E-state index is 0.0555. The molecule has 19 heavy (non-hydrogen) atoms. The molecular formula is C12H19NO6. The fourth-order valence-electron chi connectivity index (χ4n) is 1.19. The molecule has 0 aliphatic carbocycles. The highest BCUT2D eigenvalue weighted by atomic mass is 16.6. The lowest BCUT2D eigenvalue weighted by Gasteiger charge is -2.03. The van der Waals surface area contributed by atoms with Gasteiger partial charge in [0.25, 0.3) is 0 Å². The molecule has 1 aromatic heterocycles. The number of nitrogens with zero attached hydrogens (tertiary/aromatic N) is 1. The maximum atomic E-state index is 11.3. The Labute approximate surface area is 111 Å². The summed E-state index contributed by atoms with van der Waals surface area (Å²) in [5, 5.41) is 0. The van der Waals surface area contributed by atoms with Gasteiger partial charge in [-0.25, -0.2) is 4.79 Å². The van der Waals surface area contributed by atoms with E-state index in [0.717, 1.165) is 0 Å². The summed E-state index contributed by atoms with van der Waals surface area (Å²) in [6, 6.07) is 0. The van der Waals surface area contributed by atoms with E-state index >= 15 is 0 Å². The quantitative estimate of drug-likeness (QED) is 0.469. The van der Waals surface area contributed by atoms with Gasteiger partial charge >= 0.3 is 12.0 Å². The molecule has 0 atom stereocenters. The molecule has 7 heteroatoms. The summed E-state index contributed by atoms with van der Waals surface area (Å²) < 4.78 is 25.1. The van der Waals surface area contributed by atoms with E-state index in [4.69, 9.17) is 23.4 Å². The van der Waals surface area contributed by atoms with Crippen LogP contribution in [0.15, 0.2) is 10.7 Å². The zero-order valence-electron chi connectivity index (χ0n) is 11.2. The molecule has 0 bridgehead atoms. The van der Waals surface area contributed by atoms with Crippen LogP contribution in [0, 0.1) is 0 Å². The van der Waals surface area contributed by atoms with Gasteiger partial charge in [0.15, 0.2) is 5.69 Å². The van der Waals surface area contributed by atoms with Crippen LogP contribution in [0.4, 0.5) is 0 Å². The predicted molar refractivity (Wildman–Crippen MR) is 65.3 cm³/mol. The minimum atomic E-state index is -0.524. The van der Waals surface area contributed by atoms with Gasteiger partial charge in [-0.15, -0.1) is 0 Å². The van der Waals surface area contributed by atoms with E-state index in [-0.39, 0.29) is 11.8 Å². The fourth-order valence-corrected chi connectivity index (χ4v) is 1.19. The number of oxazole rings is 1. The monoisotopic (exact) mass is 273 g/mol. The van der Waals surface area contributed by atoms with E-state index in [0.29, 0.717) is 39.5 Å². The number of methoxy groups -OCH3 is 1. The largest absolute Gasteiger partial charge is 0.461 e. The third-order valence-corrected chi connectivity index (χ3v) is 2.06. The molecule has 0 amide bonds. The smallest absolute Gasteiger partial charge is 0.394 e. The van der Waals surface area contributed by atoms with E-state index in [2.05, 4.69) is 4.98 Å². The predicted octanol–water partition coefficient (Wildman–Crippen LogP) is 1.28. The maximum absolute atomic E-state index is 11.3. The Morgan fingerprint density at radius 3 is 2.89 bits per heavy atom. The molecule has 1 rings (SSSR count). The highest BCUT2D eigenvalue weighted by molar-refractivity contribution is 5.86. The van der Waals surface area contributed by atoms with Gasteiger partial charge in [0.1, 0.15) is 6.26 Å². The van der Waals surface area contributed by atoms with E-state index < -0.39 is 5.97 Å². The van der Waals surface area contributed by atoms with Gasteiger partial charge in [-0.2, -0.15) is 4.98 Å². The van der Waals surface area contributed by atoms with Crippen molar-refractivity contribution >= 4 is 5.97 Å². The van der Waals surface area contributed by atoms with Gasteiger partial charge in [0.05, 0.1) is 26.4 Å². The topological polar surface area (TPSA) is 80.0 Å². The lowest BCUT2D eigenvalue weighted by molar-refractivity contribution is 0.0518. The molecule has 108 valence electrons. The van der Waals surface area contributed by atoms with Crippen molar-refractivity contribution in [2.75, 3.05) is 40.1 Å². The molecular weight excluding hydrogens is 254 g/mol. The van der Waals surface area contributed by atoms with Crippen molar-refractivity contribution in [3.63, 3.8) is 0 Å². The molecule has 0 aliphatic rings. The molecule has 0 spiro atoms. The van der Waals surface area contributed by atoms with Crippen molar-refractivity contribution < 1.29 is 28.2 Å². The summed E-state index contributed by atoms with van der Waals surface area (Å²) in [7, 11) is 1.62. The Hall–Kier alpha value is -1.60. The highest BCUT2D eigenvalue weighted by Gasteiger charge is 2.13. The molecule has 0 fully saturated rings. The van der Waals surface area contributed by atoms with Crippen molar-refractivity contribution in [3.05, 3.63) is 12.0 Å². The molecule has 0 unspecified atom stereocenters. The lowest BCUT2D eigenvalue weighted by Crippen LogP contribution is -2.07. The zero-order valence-corrected chi connectivity index (χ0v) is 11.2. The number of carbonyl (C=O) groups excluding carboxylic acids is 1. The zero-order chi connectivity index (χ0) is 13.9. The Balaban J connectivity index is 2.14. The molecule has 0 saturated carbocycles. The van der Waals surface area contributed by atoms with E-state index in [1.807, 2.05) is 0 Å². The average Bonchev–Trinajstić information content (AvgIpc) is 2.87. The van der Waals surface area contributed by atoms with Gasteiger partial charge in [-0.3, -0.25) is 0 Å². The minimum Gasteiger partial charge on any atom is -0.461 e. The number of hydrogen-bond donors (Lipinski definition) is 0. The van der Waals surface area contributed by atoms with Crippen LogP contribution in [-0.4, -0.2) is 51.1 Å². The fraction of sp³-hybridized carbons (Fsp3) is 0.667. The van der Waals surface area contributed by atoms with Crippen LogP contribution in [0.2, 0.25) is 0 Å². The molecule has 1 aromatic rings. The number of esters is 1. The SMILES string of the molecule is CCOC(=O)c1coc(OCCCOCCOC)n1. The summed E-state index contributed by atoms with van der Waals surface area (Å²) >= 11 is 0. The average molecular weight is 273 g/mol. The number of rotatable bonds is 10. The first-order chi connectivity index (χ1) is 9.27. The van der Waals surface area contributed by atoms with Crippen LogP contribution in [-0.2, 0) is 14.2 Å². The van der Waals surface area contributed by atoms with Crippen LogP contribution >= 0.6 is 0 Å². The molecule has 0 aromatic carbocycles. The van der Waals surface area contributed by atoms with E-state index in [1.165, 1.54) is 6.26 Å². The van der Waals surface area contributed by atoms with Crippen LogP contribution in [0.5, 0.6) is 6.08 Å². The van der Waals surface area contributed by atoms with Gasteiger partial charge in [-0.1, -0.05) is 0 Å². The van der Waals surface area contributed by atoms with Crippen LogP contribution in [0.25, 0.3) is 0 Å². The van der Waals surface area contributed by atoms with Crippen LogP contribution in [0.1, 0.15) is 23.8 Å². The number of hydrogen-bond acceptors (Lipinski definition) is 7. The number of aromatic nitrogens is 1. The summed E-state index contributed by atoms with van der Waals surface area (Å²) in [5.41, 5.74) is 0.105. The maximum Gasteiger partial charge on any atom is 0.394 e. The van der Waals surface area contributed by atoms with Gasteiger partial charge < -0.3 is 23.4 Å². The molecule has 7 nitrogen and oxygen atoms in total. The number of ether oxygens (including phenoxy) is 4. The van der Waals surface area contributed by atoms with Crippen molar-refractivity contribution in [1.29, 1.82) is 0 Å². The molecule has 0 saturated heterocycles. The second-order valence-corrected chi connectivity index (χ2v) is 3.53.